The summed E-state index contributed by atoms with van der Waals surface area (Å²) in [7, 11) is 0. The molecule has 0 spiro atoms. The maximum atomic E-state index is 15.3. The number of hydrogen-bond donors (Lipinski definition) is 0. The van der Waals surface area contributed by atoms with Gasteiger partial charge in [-0.25, -0.2) is 15.0 Å². The summed E-state index contributed by atoms with van der Waals surface area (Å²) in [6.07, 6.45) is -14.6. The fraction of sp³-hybridized carbons (Fsp3) is 0.0727. The van der Waals surface area contributed by atoms with Crippen molar-refractivity contribution in [3.8, 4) is 73.2 Å². The van der Waals surface area contributed by atoms with Crippen LogP contribution < -0.4 is 0 Å². The first-order chi connectivity index (χ1) is 32.5. The van der Waals surface area contributed by atoms with Crippen molar-refractivity contribution in [2.24, 2.45) is 0 Å². The highest BCUT2D eigenvalue weighted by atomic mass is 19.4. The van der Waals surface area contributed by atoms with E-state index in [4.69, 9.17) is 15.0 Å². The molecule has 0 aliphatic rings. The second-order valence-electron chi connectivity index (χ2n) is 16.2. The van der Waals surface area contributed by atoms with E-state index in [0.29, 0.717) is 38.5 Å². The van der Waals surface area contributed by atoms with Crippen LogP contribution in [0.3, 0.4) is 0 Å². The van der Waals surface area contributed by atoms with Crippen LogP contribution >= 0.6 is 0 Å². The van der Waals surface area contributed by atoms with Gasteiger partial charge in [-0.05, 0) is 77.7 Å². The number of fused-ring (bicyclic) bond motifs is 3. The number of rotatable bonds is 7. The van der Waals surface area contributed by atoms with E-state index in [2.05, 4.69) is 0 Å². The summed E-state index contributed by atoms with van der Waals surface area (Å²) in [6.45, 7) is 1.55. The molecular weight excluding hydrogens is 888 g/mol. The van der Waals surface area contributed by atoms with Crippen molar-refractivity contribution in [1.29, 1.82) is 0 Å². The Hall–Kier alpha value is -8.06. The van der Waals surface area contributed by atoms with Gasteiger partial charge in [0.15, 0.2) is 17.5 Å². The van der Waals surface area contributed by atoms with Crippen LogP contribution in [0.4, 0.5) is 39.5 Å². The van der Waals surface area contributed by atoms with Crippen molar-refractivity contribution in [1.82, 2.24) is 19.5 Å². The van der Waals surface area contributed by atoms with Gasteiger partial charge in [-0.3, -0.25) is 0 Å². The summed E-state index contributed by atoms with van der Waals surface area (Å²) in [5, 5.41) is 0.884. The molecule has 8 aromatic carbocycles. The van der Waals surface area contributed by atoms with Crippen LogP contribution in [0.15, 0.2) is 182 Å². The van der Waals surface area contributed by atoms with E-state index in [1.807, 2.05) is 0 Å². The Morgan fingerprint density at radius 1 is 0.338 bits per heavy atom. The Morgan fingerprint density at radius 2 is 0.794 bits per heavy atom. The quantitative estimate of drug-likeness (QED) is 0.150. The number of nitrogens with zero attached hydrogens (tertiary/aromatic N) is 4. The second kappa shape index (κ2) is 16.7. The Bertz CT molecular complexity index is 3400. The molecule has 0 aliphatic heterocycles. The van der Waals surface area contributed by atoms with Crippen molar-refractivity contribution in [2.45, 2.75) is 25.5 Å². The van der Waals surface area contributed by atoms with Gasteiger partial charge in [-0.1, -0.05) is 139 Å². The van der Waals surface area contributed by atoms with Crippen LogP contribution in [-0.2, 0) is 18.5 Å². The summed E-state index contributed by atoms with van der Waals surface area (Å²) in [6, 6.07) is 45.5. The van der Waals surface area contributed by atoms with Gasteiger partial charge in [-0.2, -0.15) is 39.5 Å². The molecule has 0 radical (unpaired) electrons. The Kier molecular flexibility index (Phi) is 10.7. The molecular formula is C55H33F9N4. The van der Waals surface area contributed by atoms with Gasteiger partial charge in [0.05, 0.1) is 33.4 Å². The maximum absolute atomic E-state index is 15.3. The molecule has 0 atom stereocenters. The average molecular weight is 921 g/mol. The third-order valence-corrected chi connectivity index (χ3v) is 11.8. The Morgan fingerprint density at radius 3 is 1.32 bits per heavy atom. The predicted octanol–water partition coefficient (Wildman–Crippen LogP) is 16.3. The van der Waals surface area contributed by atoms with Gasteiger partial charge in [0.25, 0.3) is 0 Å². The lowest BCUT2D eigenvalue weighted by Gasteiger charge is -2.24. The van der Waals surface area contributed by atoms with E-state index in [1.165, 1.54) is 60.7 Å². The molecule has 0 bridgehead atoms. The molecule has 0 saturated heterocycles. The summed E-state index contributed by atoms with van der Waals surface area (Å²) >= 11 is 0. The van der Waals surface area contributed by atoms with Crippen LogP contribution in [-0.4, -0.2) is 19.5 Å². The minimum absolute atomic E-state index is 0.0360. The monoisotopic (exact) mass is 920 g/mol. The molecule has 10 aromatic rings. The molecule has 0 amide bonds. The number of hydrogen-bond acceptors (Lipinski definition) is 3. The number of para-hydroxylation sites is 1. The van der Waals surface area contributed by atoms with E-state index < -0.39 is 35.2 Å². The molecule has 4 nitrogen and oxygen atoms in total. The lowest BCUT2D eigenvalue weighted by atomic mass is 9.88. The highest BCUT2D eigenvalue weighted by Crippen LogP contribution is 2.49. The van der Waals surface area contributed by atoms with Crippen LogP contribution in [0.5, 0.6) is 0 Å². The molecule has 0 fully saturated rings. The molecule has 336 valence electrons. The Balaban J connectivity index is 1.37. The van der Waals surface area contributed by atoms with Gasteiger partial charge >= 0.3 is 18.5 Å². The normalized spacial score (nSPS) is 12.3. The highest BCUT2D eigenvalue weighted by molar-refractivity contribution is 6.12. The van der Waals surface area contributed by atoms with Crippen molar-refractivity contribution >= 4 is 21.8 Å². The molecule has 0 N–H and O–H groups in total. The van der Waals surface area contributed by atoms with Crippen molar-refractivity contribution in [3.63, 3.8) is 0 Å². The van der Waals surface area contributed by atoms with Crippen LogP contribution in [0.25, 0.3) is 95.0 Å². The number of aryl methyl sites for hydroxylation is 1. The fourth-order valence-corrected chi connectivity index (χ4v) is 8.81. The minimum Gasteiger partial charge on any atom is -0.308 e. The van der Waals surface area contributed by atoms with Gasteiger partial charge in [0.1, 0.15) is 0 Å². The summed E-state index contributed by atoms with van der Waals surface area (Å²) in [5.41, 5.74) is -1.66. The van der Waals surface area contributed by atoms with Gasteiger partial charge in [0.2, 0.25) is 0 Å². The minimum atomic E-state index is -4.94. The first-order valence-corrected chi connectivity index (χ1v) is 21.1. The molecule has 2 heterocycles. The van der Waals surface area contributed by atoms with Crippen LogP contribution in [0.1, 0.15) is 22.3 Å². The van der Waals surface area contributed by atoms with E-state index in [0.717, 1.165) is 18.2 Å². The van der Waals surface area contributed by atoms with Gasteiger partial charge in [0, 0.05) is 38.6 Å². The smallest absolute Gasteiger partial charge is 0.308 e. The third kappa shape index (κ3) is 8.03. The maximum Gasteiger partial charge on any atom is 0.417 e. The average Bonchev–Trinajstić information content (AvgIpc) is 3.66. The predicted molar refractivity (Wildman–Crippen MR) is 247 cm³/mol. The number of halogens is 9. The van der Waals surface area contributed by atoms with Gasteiger partial charge in [-0.15, -0.1) is 0 Å². The Labute approximate surface area is 382 Å². The van der Waals surface area contributed by atoms with Crippen molar-refractivity contribution < 1.29 is 39.5 Å². The van der Waals surface area contributed by atoms with E-state index in [1.54, 1.807) is 115 Å². The molecule has 0 unspecified atom stereocenters. The number of aromatic nitrogens is 4. The summed E-state index contributed by atoms with van der Waals surface area (Å²) < 4.78 is 137. The largest absolute Gasteiger partial charge is 0.417 e. The second-order valence-corrected chi connectivity index (χ2v) is 16.2. The van der Waals surface area contributed by atoms with E-state index >= 15 is 26.3 Å². The zero-order valence-electron chi connectivity index (χ0n) is 35.5. The third-order valence-electron chi connectivity index (χ3n) is 11.8. The van der Waals surface area contributed by atoms with E-state index in [-0.39, 0.29) is 62.1 Å². The lowest BCUT2D eigenvalue weighted by molar-refractivity contribution is -0.137. The molecule has 0 aliphatic carbocycles. The fourth-order valence-electron chi connectivity index (χ4n) is 8.81. The molecule has 0 saturated carbocycles. The number of alkyl halides is 9. The topological polar surface area (TPSA) is 43.6 Å². The van der Waals surface area contributed by atoms with Crippen molar-refractivity contribution in [2.75, 3.05) is 0 Å². The summed E-state index contributed by atoms with van der Waals surface area (Å²) in [5.74, 6) is 0.369. The first-order valence-electron chi connectivity index (χ1n) is 21.1. The SMILES string of the molecule is Cc1ccc(-c2ccc3c(c2)c2ccccc2n3-c2c(-c3ccccc3C(F)(F)F)cc(-c3nc(-c4ccccc4)nc(-c4ccccc4)n3)cc2-c2ccccc2C(F)(F)F)c(C(F)(F)F)c1. The van der Waals surface area contributed by atoms with Crippen LogP contribution in [0, 0.1) is 6.92 Å². The first kappa shape index (κ1) is 43.8. The zero-order valence-corrected chi connectivity index (χ0v) is 35.5. The van der Waals surface area contributed by atoms with Crippen molar-refractivity contribution in [3.05, 3.63) is 204 Å². The lowest BCUT2D eigenvalue weighted by Crippen LogP contribution is -2.11. The number of benzene rings is 8. The van der Waals surface area contributed by atoms with Crippen LogP contribution in [0.2, 0.25) is 0 Å². The van der Waals surface area contributed by atoms with E-state index in [9.17, 15) is 13.2 Å². The molecule has 2 aromatic heterocycles. The molecule has 68 heavy (non-hydrogen) atoms. The highest BCUT2D eigenvalue weighted by Gasteiger charge is 2.38. The van der Waals surface area contributed by atoms with Gasteiger partial charge < -0.3 is 4.57 Å². The molecule has 10 rings (SSSR count). The summed E-state index contributed by atoms with van der Waals surface area (Å²) in [4.78, 5) is 14.4. The zero-order chi connectivity index (χ0) is 47.5. The molecule has 13 heteroatoms. The standard InChI is InChI=1S/C55H33F9N4/c1-32-24-26-37(46(28-32)55(62,63)64)35-25-27-48-41(29-35)40-20-10-13-23-47(40)68(48)49-42(38-18-8-11-21-44(38)53(56,57)58)30-36(31-43(49)39-19-9-12-22-45(39)54(59,60)61)52-66-50(33-14-4-2-5-15-33)65-51(67-52)34-16-6-3-7-17-34/h2-31H,1H3.